The average Bonchev–Trinajstić information content (AvgIpc) is 3.32. The third kappa shape index (κ3) is 3.34. The molecule has 0 bridgehead atoms. The molecule has 2 heterocycles. The predicted octanol–water partition coefficient (Wildman–Crippen LogP) is 4.38. The monoisotopic (exact) mass is 356 g/mol. The number of anilines is 1. The molecular weight excluding hydrogens is 340 g/mol. The standard InChI is InChI=1S/C18H16N2O2S2/c21-17(10-22-14-7-6-12-3-1-4-13(12)9-14)20-18-19-15(11-24-18)16-5-2-8-23-16/h2,5-9,11H,1,3-4,10H2,(H,19,20,21). The summed E-state index contributed by atoms with van der Waals surface area (Å²) in [6.45, 7) is -0.00724. The second kappa shape index (κ2) is 6.75. The number of rotatable bonds is 5. The number of hydrogen-bond acceptors (Lipinski definition) is 5. The van der Waals surface area contributed by atoms with Gasteiger partial charge in [-0.3, -0.25) is 10.1 Å². The summed E-state index contributed by atoms with van der Waals surface area (Å²) in [5.41, 5.74) is 3.63. The Balaban J connectivity index is 1.34. The molecule has 6 heteroatoms. The number of thiophene rings is 1. The van der Waals surface area contributed by atoms with E-state index < -0.39 is 0 Å². The molecule has 0 fully saturated rings. The van der Waals surface area contributed by atoms with E-state index in [1.807, 2.05) is 35.0 Å². The highest BCUT2D eigenvalue weighted by atomic mass is 32.1. The lowest BCUT2D eigenvalue weighted by molar-refractivity contribution is -0.118. The quantitative estimate of drug-likeness (QED) is 0.738. The maximum Gasteiger partial charge on any atom is 0.264 e. The summed E-state index contributed by atoms with van der Waals surface area (Å²) in [6.07, 6.45) is 3.45. The molecule has 122 valence electrons. The van der Waals surface area contributed by atoms with E-state index >= 15 is 0 Å². The number of nitrogens with zero attached hydrogens (tertiary/aromatic N) is 1. The van der Waals surface area contributed by atoms with Crippen molar-refractivity contribution in [2.75, 3.05) is 11.9 Å². The van der Waals surface area contributed by atoms with Crippen LogP contribution in [0.5, 0.6) is 5.75 Å². The van der Waals surface area contributed by atoms with E-state index in [1.165, 1.54) is 28.9 Å². The minimum absolute atomic E-state index is 0.00724. The Morgan fingerprint density at radius 3 is 3.00 bits per heavy atom. The Bertz CT molecular complexity index is 856. The molecule has 0 saturated carbocycles. The van der Waals surface area contributed by atoms with Gasteiger partial charge in [-0.05, 0) is 54.0 Å². The minimum Gasteiger partial charge on any atom is -0.484 e. The number of nitrogens with one attached hydrogen (secondary N) is 1. The van der Waals surface area contributed by atoms with Crippen molar-refractivity contribution in [3.8, 4) is 16.3 Å². The number of aryl methyl sites for hydroxylation is 2. The molecule has 0 spiro atoms. The molecule has 1 aromatic carbocycles. The van der Waals surface area contributed by atoms with E-state index in [9.17, 15) is 4.79 Å². The topological polar surface area (TPSA) is 51.2 Å². The van der Waals surface area contributed by atoms with Crippen molar-refractivity contribution in [3.05, 3.63) is 52.2 Å². The van der Waals surface area contributed by atoms with Gasteiger partial charge in [-0.25, -0.2) is 4.98 Å². The summed E-state index contributed by atoms with van der Waals surface area (Å²) in [5, 5.41) is 7.35. The summed E-state index contributed by atoms with van der Waals surface area (Å²) in [4.78, 5) is 17.6. The van der Waals surface area contributed by atoms with Crippen molar-refractivity contribution in [1.82, 2.24) is 4.98 Å². The van der Waals surface area contributed by atoms with Crippen molar-refractivity contribution in [1.29, 1.82) is 0 Å². The van der Waals surface area contributed by atoms with Gasteiger partial charge in [0.15, 0.2) is 11.7 Å². The van der Waals surface area contributed by atoms with E-state index in [-0.39, 0.29) is 12.5 Å². The van der Waals surface area contributed by atoms with Crippen molar-refractivity contribution < 1.29 is 9.53 Å². The van der Waals surface area contributed by atoms with Crippen LogP contribution in [0.15, 0.2) is 41.1 Å². The van der Waals surface area contributed by atoms with Gasteiger partial charge in [0, 0.05) is 5.38 Å². The SMILES string of the molecule is O=C(COc1ccc2c(c1)CCC2)Nc1nc(-c2cccs2)cs1. The zero-order valence-corrected chi connectivity index (χ0v) is 14.6. The van der Waals surface area contributed by atoms with E-state index in [0.29, 0.717) is 5.13 Å². The number of benzene rings is 1. The first kappa shape index (κ1) is 15.4. The van der Waals surface area contributed by atoms with Gasteiger partial charge in [-0.1, -0.05) is 12.1 Å². The highest BCUT2D eigenvalue weighted by Crippen LogP contribution is 2.28. The summed E-state index contributed by atoms with van der Waals surface area (Å²) < 4.78 is 5.61. The summed E-state index contributed by atoms with van der Waals surface area (Å²) in [5.74, 6) is 0.562. The molecule has 1 N–H and O–H groups in total. The van der Waals surface area contributed by atoms with Gasteiger partial charge in [-0.15, -0.1) is 22.7 Å². The Morgan fingerprint density at radius 1 is 1.21 bits per heavy atom. The van der Waals surface area contributed by atoms with Crippen LogP contribution in [0, 0.1) is 0 Å². The van der Waals surface area contributed by atoms with Crippen LogP contribution in [0.2, 0.25) is 0 Å². The third-order valence-electron chi connectivity index (χ3n) is 3.96. The Hall–Kier alpha value is -2.18. The molecule has 0 atom stereocenters. The summed E-state index contributed by atoms with van der Waals surface area (Å²) in [7, 11) is 0. The molecule has 0 radical (unpaired) electrons. The van der Waals surface area contributed by atoms with Gasteiger partial charge >= 0.3 is 0 Å². The smallest absolute Gasteiger partial charge is 0.264 e. The minimum atomic E-state index is -0.192. The number of carbonyl (C=O) groups excluding carboxylic acids is 1. The van der Waals surface area contributed by atoms with Crippen LogP contribution in [0.3, 0.4) is 0 Å². The van der Waals surface area contributed by atoms with Crippen molar-refractivity contribution in [2.45, 2.75) is 19.3 Å². The molecule has 4 rings (SSSR count). The number of carbonyl (C=O) groups is 1. The first-order valence-electron chi connectivity index (χ1n) is 7.82. The Morgan fingerprint density at radius 2 is 2.12 bits per heavy atom. The lowest BCUT2D eigenvalue weighted by Gasteiger charge is -2.07. The second-order valence-corrected chi connectivity index (χ2v) is 7.44. The van der Waals surface area contributed by atoms with Crippen molar-refractivity contribution in [2.24, 2.45) is 0 Å². The van der Waals surface area contributed by atoms with Gasteiger partial charge in [0.1, 0.15) is 5.75 Å². The highest BCUT2D eigenvalue weighted by molar-refractivity contribution is 7.16. The number of fused-ring (bicyclic) bond motifs is 1. The zero-order chi connectivity index (χ0) is 16.4. The average molecular weight is 356 g/mol. The third-order valence-corrected chi connectivity index (χ3v) is 5.61. The van der Waals surface area contributed by atoms with Crippen LogP contribution >= 0.6 is 22.7 Å². The fourth-order valence-corrected chi connectivity index (χ4v) is 4.30. The molecule has 1 aliphatic rings. The van der Waals surface area contributed by atoms with Gasteiger partial charge in [0.2, 0.25) is 0 Å². The van der Waals surface area contributed by atoms with Crippen molar-refractivity contribution in [3.63, 3.8) is 0 Å². The molecule has 3 aromatic rings. The van der Waals surface area contributed by atoms with Crippen LogP contribution in [0.4, 0.5) is 5.13 Å². The summed E-state index contributed by atoms with van der Waals surface area (Å²) in [6, 6.07) is 10.1. The maximum atomic E-state index is 12.0. The Labute approximate surface area is 148 Å². The maximum absolute atomic E-state index is 12.0. The van der Waals surface area contributed by atoms with E-state index in [2.05, 4.69) is 16.4 Å². The largest absolute Gasteiger partial charge is 0.484 e. The lowest BCUT2D eigenvalue weighted by Crippen LogP contribution is -2.20. The molecule has 24 heavy (non-hydrogen) atoms. The van der Waals surface area contributed by atoms with Crippen LogP contribution in [0.25, 0.3) is 10.6 Å². The number of aromatic nitrogens is 1. The molecular formula is C18H16N2O2S2. The molecule has 0 saturated heterocycles. The van der Waals surface area contributed by atoms with Gasteiger partial charge in [-0.2, -0.15) is 0 Å². The number of hydrogen-bond donors (Lipinski definition) is 1. The van der Waals surface area contributed by atoms with Crippen LogP contribution < -0.4 is 10.1 Å². The fraction of sp³-hybridized carbons (Fsp3) is 0.222. The van der Waals surface area contributed by atoms with Crippen LogP contribution in [-0.2, 0) is 17.6 Å². The van der Waals surface area contributed by atoms with Crippen LogP contribution in [-0.4, -0.2) is 17.5 Å². The fourth-order valence-electron chi connectivity index (χ4n) is 2.81. The Kier molecular flexibility index (Phi) is 4.32. The first-order valence-corrected chi connectivity index (χ1v) is 9.58. The number of ether oxygens (including phenoxy) is 1. The first-order chi connectivity index (χ1) is 11.8. The van der Waals surface area contributed by atoms with Gasteiger partial charge in [0.25, 0.3) is 5.91 Å². The lowest BCUT2D eigenvalue weighted by atomic mass is 10.1. The number of amides is 1. The number of thiazole rings is 1. The molecule has 0 unspecified atom stereocenters. The van der Waals surface area contributed by atoms with E-state index in [0.717, 1.165) is 29.2 Å². The molecule has 0 aliphatic heterocycles. The summed E-state index contributed by atoms with van der Waals surface area (Å²) >= 11 is 3.05. The zero-order valence-electron chi connectivity index (χ0n) is 13.0. The molecule has 4 nitrogen and oxygen atoms in total. The van der Waals surface area contributed by atoms with Gasteiger partial charge in [0.05, 0.1) is 10.6 Å². The predicted molar refractivity (Wildman–Crippen MR) is 98.0 cm³/mol. The normalized spacial score (nSPS) is 12.8. The molecule has 1 aliphatic carbocycles. The van der Waals surface area contributed by atoms with Gasteiger partial charge < -0.3 is 4.74 Å². The second-order valence-electron chi connectivity index (χ2n) is 5.64. The van der Waals surface area contributed by atoms with E-state index in [4.69, 9.17) is 4.74 Å². The van der Waals surface area contributed by atoms with Crippen LogP contribution in [0.1, 0.15) is 17.5 Å². The molecule has 1 amide bonds. The highest BCUT2D eigenvalue weighted by Gasteiger charge is 2.13. The molecule has 2 aromatic heterocycles. The van der Waals surface area contributed by atoms with E-state index in [1.54, 1.807) is 11.3 Å². The van der Waals surface area contributed by atoms with Crippen molar-refractivity contribution >= 4 is 33.7 Å².